The molecule has 0 amide bonds. The van der Waals surface area contributed by atoms with E-state index in [1.807, 2.05) is 0 Å². The maximum atomic E-state index is 13.5. The Balaban J connectivity index is 2.04. The van der Waals surface area contributed by atoms with Crippen LogP contribution in [0.2, 0.25) is 0 Å². The van der Waals surface area contributed by atoms with Crippen LogP contribution in [0, 0.1) is 6.42 Å². The fraction of sp³-hybridized carbons (Fsp3) is 0.222. The van der Waals surface area contributed by atoms with E-state index in [9.17, 15) is 13.2 Å². The van der Waals surface area contributed by atoms with E-state index in [1.54, 1.807) is 44.1 Å². The first-order valence-corrected chi connectivity index (χ1v) is 8.47. The first-order valence-electron chi connectivity index (χ1n) is 7.68. The Morgan fingerprint density at radius 3 is 2.65 bits per heavy atom. The topological polar surface area (TPSA) is 31.4 Å². The summed E-state index contributed by atoms with van der Waals surface area (Å²) < 4.78 is 46.5. The van der Waals surface area contributed by atoms with Gasteiger partial charge in [-0.1, -0.05) is 6.07 Å². The number of benzene rings is 1. The van der Waals surface area contributed by atoms with Crippen LogP contribution < -0.4 is 9.38 Å². The van der Waals surface area contributed by atoms with Gasteiger partial charge in [0, 0.05) is 18.2 Å². The summed E-state index contributed by atoms with van der Waals surface area (Å²) in [4.78, 5) is 9.41. The lowest BCUT2D eigenvalue weighted by Crippen LogP contribution is -2.42. The summed E-state index contributed by atoms with van der Waals surface area (Å²) in [7, 11) is 2.93. The van der Waals surface area contributed by atoms with Crippen molar-refractivity contribution in [2.75, 3.05) is 14.2 Å². The number of alkyl halides is 3. The highest BCUT2D eigenvalue weighted by atomic mass is 79.9. The van der Waals surface area contributed by atoms with E-state index in [-0.39, 0.29) is 12.3 Å². The van der Waals surface area contributed by atoms with E-state index >= 15 is 0 Å². The van der Waals surface area contributed by atoms with Crippen LogP contribution in [0.4, 0.5) is 18.9 Å². The summed E-state index contributed by atoms with van der Waals surface area (Å²) >= 11 is 3.28. The molecule has 0 fully saturated rings. The zero-order chi connectivity index (χ0) is 18.9. The molecule has 137 valence electrons. The van der Waals surface area contributed by atoms with Crippen LogP contribution >= 0.6 is 15.9 Å². The Labute approximate surface area is 157 Å². The molecule has 1 aliphatic rings. The molecular weight excluding hydrogens is 413 g/mol. The van der Waals surface area contributed by atoms with E-state index < -0.39 is 16.4 Å². The summed E-state index contributed by atoms with van der Waals surface area (Å²) in [6, 6.07) is 5.95. The maximum absolute atomic E-state index is 13.5. The normalized spacial score (nSPS) is 19.3. The van der Waals surface area contributed by atoms with Gasteiger partial charge in [0.05, 0.1) is 7.11 Å². The number of quaternary nitrogens is 1. The number of hydroxylamine groups is 2. The lowest BCUT2D eigenvalue weighted by atomic mass is 9.95. The van der Waals surface area contributed by atoms with Gasteiger partial charge in [-0.3, -0.25) is 0 Å². The average molecular weight is 429 g/mol. The molecule has 0 saturated carbocycles. The van der Waals surface area contributed by atoms with Gasteiger partial charge < -0.3 is 4.74 Å². The van der Waals surface area contributed by atoms with Crippen molar-refractivity contribution in [3.63, 3.8) is 0 Å². The van der Waals surface area contributed by atoms with Crippen molar-refractivity contribution in [1.29, 1.82) is 0 Å². The molecule has 8 heteroatoms. The number of nitrogens with zero attached hydrogens (tertiary/aromatic N) is 2. The Morgan fingerprint density at radius 2 is 2.00 bits per heavy atom. The average Bonchev–Trinajstić information content (AvgIpc) is 2.60. The van der Waals surface area contributed by atoms with Crippen molar-refractivity contribution in [3.05, 3.63) is 70.5 Å². The van der Waals surface area contributed by atoms with E-state index in [4.69, 9.17) is 9.57 Å². The summed E-state index contributed by atoms with van der Waals surface area (Å²) in [5.74, 6) is 0.511. The first-order chi connectivity index (χ1) is 12.3. The Hall–Kier alpha value is -1.90. The quantitative estimate of drug-likeness (QED) is 0.506. The van der Waals surface area contributed by atoms with Crippen LogP contribution in [-0.2, 0) is 17.6 Å². The van der Waals surface area contributed by atoms with Gasteiger partial charge in [-0.15, -0.1) is 4.65 Å². The third kappa shape index (κ3) is 3.49. The van der Waals surface area contributed by atoms with Gasteiger partial charge in [0.15, 0.2) is 11.4 Å². The van der Waals surface area contributed by atoms with Gasteiger partial charge in [0.2, 0.25) is 0 Å². The number of allylic oxidation sites excluding steroid dienone is 1. The highest BCUT2D eigenvalue weighted by Crippen LogP contribution is 2.45. The number of ether oxygens (including phenoxy) is 1. The minimum atomic E-state index is -4.49. The first kappa shape index (κ1) is 18.9. The molecule has 0 saturated heterocycles. The maximum Gasteiger partial charge on any atom is 0.422 e. The van der Waals surface area contributed by atoms with Crippen molar-refractivity contribution >= 4 is 21.6 Å². The van der Waals surface area contributed by atoms with Crippen LogP contribution in [0.25, 0.3) is 0 Å². The summed E-state index contributed by atoms with van der Waals surface area (Å²) in [5, 5.41) is 0. The summed E-state index contributed by atoms with van der Waals surface area (Å²) in [6.07, 6.45) is 1.99. The second kappa shape index (κ2) is 7.02. The van der Waals surface area contributed by atoms with E-state index in [2.05, 4.69) is 20.9 Å². The number of rotatable bonds is 4. The zero-order valence-corrected chi connectivity index (χ0v) is 15.6. The van der Waals surface area contributed by atoms with Gasteiger partial charge in [-0.05, 0) is 45.8 Å². The molecule has 0 aliphatic carbocycles. The van der Waals surface area contributed by atoms with Crippen molar-refractivity contribution in [2.24, 2.45) is 0 Å². The largest absolute Gasteiger partial charge is 0.486 e. The molecule has 1 aliphatic heterocycles. The minimum absolute atomic E-state index is 0.0360. The molecule has 0 bridgehead atoms. The lowest BCUT2D eigenvalue weighted by molar-refractivity contribution is -0.141. The standard InChI is InChI=1S/C18H16BrF3N2O2/c1-24(25-2)10-4-5-13-12(7-8-14(16(13)24)18(20,21)22)11-26-15-6-3-9-23-17(15)19/h3-10H,11H2,1-2H3/q+1. The highest BCUT2D eigenvalue weighted by Gasteiger charge is 2.44. The third-order valence-electron chi connectivity index (χ3n) is 4.18. The van der Waals surface area contributed by atoms with Gasteiger partial charge in [-0.25, -0.2) is 4.98 Å². The van der Waals surface area contributed by atoms with Crippen LogP contribution in [0.5, 0.6) is 5.75 Å². The van der Waals surface area contributed by atoms with E-state index in [0.717, 1.165) is 6.07 Å². The van der Waals surface area contributed by atoms with Crippen molar-refractivity contribution in [3.8, 4) is 5.75 Å². The molecule has 3 rings (SSSR count). The molecule has 1 aromatic carbocycles. The number of aromatic nitrogens is 1. The third-order valence-corrected chi connectivity index (χ3v) is 4.77. The van der Waals surface area contributed by atoms with Gasteiger partial charge in [-0.2, -0.15) is 18.0 Å². The molecule has 1 aromatic heterocycles. The van der Waals surface area contributed by atoms with Crippen LogP contribution in [0.1, 0.15) is 16.7 Å². The molecule has 1 unspecified atom stereocenters. The second-order valence-electron chi connectivity index (χ2n) is 5.79. The number of hydrogen-bond acceptors (Lipinski definition) is 3. The molecular formula is C18H16BrF3N2O2+. The fourth-order valence-electron chi connectivity index (χ4n) is 2.83. The predicted molar refractivity (Wildman–Crippen MR) is 95.0 cm³/mol. The fourth-order valence-corrected chi connectivity index (χ4v) is 3.20. The molecule has 1 atom stereocenters. The Kier molecular flexibility index (Phi) is 5.09. The Bertz CT molecular complexity index is 855. The van der Waals surface area contributed by atoms with Gasteiger partial charge in [0.1, 0.15) is 30.0 Å². The molecule has 4 nitrogen and oxygen atoms in total. The minimum Gasteiger partial charge on any atom is -0.486 e. The van der Waals surface area contributed by atoms with Crippen LogP contribution in [-0.4, -0.2) is 19.1 Å². The van der Waals surface area contributed by atoms with Crippen molar-refractivity contribution in [2.45, 2.75) is 12.8 Å². The molecule has 2 heterocycles. The van der Waals surface area contributed by atoms with Crippen molar-refractivity contribution in [1.82, 2.24) is 9.63 Å². The van der Waals surface area contributed by atoms with Crippen molar-refractivity contribution < 1.29 is 22.7 Å². The number of fused-ring (bicyclic) bond motifs is 1. The highest BCUT2D eigenvalue weighted by molar-refractivity contribution is 9.10. The molecule has 1 radical (unpaired) electrons. The lowest BCUT2D eigenvalue weighted by Gasteiger charge is -2.32. The summed E-state index contributed by atoms with van der Waals surface area (Å²) in [6.45, 7) is 0.0960. The number of pyridine rings is 1. The predicted octanol–water partition coefficient (Wildman–Crippen LogP) is 5.02. The zero-order valence-electron chi connectivity index (χ0n) is 14.0. The molecule has 2 aromatic rings. The monoisotopic (exact) mass is 428 g/mol. The van der Waals surface area contributed by atoms with E-state index in [0.29, 0.717) is 21.5 Å². The number of halogens is 4. The molecule has 0 spiro atoms. The van der Waals surface area contributed by atoms with Crippen LogP contribution in [0.3, 0.4) is 0 Å². The molecule has 26 heavy (non-hydrogen) atoms. The number of hydrogen-bond donors (Lipinski definition) is 0. The second-order valence-corrected chi connectivity index (χ2v) is 6.55. The SMILES string of the molecule is CO[N+]1(C)C=C[CH]c2c(COc3cccnc3Br)ccc(C(F)(F)F)c21. The summed E-state index contributed by atoms with van der Waals surface area (Å²) in [5.41, 5.74) is 0.360. The van der Waals surface area contributed by atoms with Crippen LogP contribution in [0.15, 0.2) is 47.3 Å². The van der Waals surface area contributed by atoms with Gasteiger partial charge >= 0.3 is 6.18 Å². The smallest absolute Gasteiger partial charge is 0.422 e. The Morgan fingerprint density at radius 1 is 1.23 bits per heavy atom. The van der Waals surface area contributed by atoms with E-state index in [1.165, 1.54) is 13.2 Å². The molecule has 0 N–H and O–H groups in total. The van der Waals surface area contributed by atoms with Gasteiger partial charge in [0.25, 0.3) is 0 Å².